The lowest BCUT2D eigenvalue weighted by Crippen LogP contribution is -2.27. The molecular formula is C15H19N5O2S. The van der Waals surface area contributed by atoms with E-state index in [9.17, 15) is 8.42 Å². The number of nitrogens with zero attached hydrogens (tertiary/aromatic N) is 3. The van der Waals surface area contributed by atoms with Gasteiger partial charge in [0.2, 0.25) is 10.0 Å². The number of benzene rings is 1. The number of aryl methyl sites for hydroxylation is 3. The minimum Gasteiger partial charge on any atom is -0.331 e. The second kappa shape index (κ2) is 5.78. The third kappa shape index (κ3) is 2.87. The summed E-state index contributed by atoms with van der Waals surface area (Å²) in [5.41, 5.74) is 2.96. The van der Waals surface area contributed by atoms with E-state index in [2.05, 4.69) is 19.9 Å². The Morgan fingerprint density at radius 1 is 1.26 bits per heavy atom. The van der Waals surface area contributed by atoms with Crippen molar-refractivity contribution in [3.8, 4) is 0 Å². The van der Waals surface area contributed by atoms with Crippen LogP contribution in [0.4, 0.5) is 0 Å². The van der Waals surface area contributed by atoms with Crippen molar-refractivity contribution >= 4 is 21.1 Å². The summed E-state index contributed by atoms with van der Waals surface area (Å²) in [4.78, 5) is 4.76. The lowest BCUT2D eigenvalue weighted by molar-refractivity contribution is 0.579. The number of imidazole rings is 1. The van der Waals surface area contributed by atoms with Crippen molar-refractivity contribution in [2.24, 2.45) is 7.05 Å². The van der Waals surface area contributed by atoms with Crippen LogP contribution in [0.5, 0.6) is 0 Å². The third-order valence-electron chi connectivity index (χ3n) is 3.85. The average Bonchev–Trinajstić information content (AvgIpc) is 3.00. The number of aromatic nitrogens is 4. The molecule has 1 aromatic carbocycles. The summed E-state index contributed by atoms with van der Waals surface area (Å²) in [7, 11) is -1.64. The summed E-state index contributed by atoms with van der Waals surface area (Å²) >= 11 is 0. The van der Waals surface area contributed by atoms with Crippen molar-refractivity contribution < 1.29 is 8.42 Å². The Bertz CT molecular complexity index is 936. The number of aromatic amines is 1. The molecule has 0 fully saturated rings. The fourth-order valence-corrected chi connectivity index (χ4v) is 4.12. The molecule has 0 aliphatic carbocycles. The van der Waals surface area contributed by atoms with Gasteiger partial charge in [0.1, 0.15) is 10.7 Å². The third-order valence-corrected chi connectivity index (χ3v) is 5.57. The minimum absolute atomic E-state index is 0.225. The Morgan fingerprint density at radius 2 is 2.00 bits per heavy atom. The van der Waals surface area contributed by atoms with Gasteiger partial charge in [-0.05, 0) is 26.0 Å². The predicted octanol–water partition coefficient (Wildman–Crippen LogP) is 1.43. The fraction of sp³-hybridized carbons (Fsp3) is 0.333. The monoisotopic (exact) mass is 333 g/mol. The highest BCUT2D eigenvalue weighted by Gasteiger charge is 2.21. The Kier molecular flexibility index (Phi) is 3.95. The van der Waals surface area contributed by atoms with Gasteiger partial charge in [0.25, 0.3) is 0 Å². The van der Waals surface area contributed by atoms with Crippen LogP contribution < -0.4 is 4.72 Å². The summed E-state index contributed by atoms with van der Waals surface area (Å²) in [6.45, 7) is 3.65. The van der Waals surface area contributed by atoms with Crippen LogP contribution in [-0.2, 0) is 23.5 Å². The van der Waals surface area contributed by atoms with Crippen LogP contribution in [0, 0.1) is 13.8 Å². The first-order valence-corrected chi connectivity index (χ1v) is 8.80. The molecule has 0 radical (unpaired) electrons. The molecule has 23 heavy (non-hydrogen) atoms. The molecule has 7 nitrogen and oxygen atoms in total. The van der Waals surface area contributed by atoms with Gasteiger partial charge in [-0.25, -0.2) is 18.1 Å². The quantitative estimate of drug-likeness (QED) is 0.739. The molecule has 0 spiro atoms. The first kappa shape index (κ1) is 15.7. The van der Waals surface area contributed by atoms with E-state index >= 15 is 0 Å². The average molecular weight is 333 g/mol. The van der Waals surface area contributed by atoms with Gasteiger partial charge in [0.05, 0.1) is 22.4 Å². The highest BCUT2D eigenvalue weighted by atomic mass is 32.2. The van der Waals surface area contributed by atoms with Crippen LogP contribution in [0.25, 0.3) is 11.0 Å². The number of hydrogen-bond donors (Lipinski definition) is 2. The van der Waals surface area contributed by atoms with E-state index in [4.69, 9.17) is 0 Å². The molecule has 2 aromatic heterocycles. The molecule has 3 rings (SSSR count). The largest absolute Gasteiger partial charge is 0.331 e. The summed E-state index contributed by atoms with van der Waals surface area (Å²) in [6, 6.07) is 7.84. The molecule has 0 atom stereocenters. The van der Waals surface area contributed by atoms with E-state index < -0.39 is 10.0 Å². The predicted molar refractivity (Wildman–Crippen MR) is 87.7 cm³/mol. The lowest BCUT2D eigenvalue weighted by Gasteiger charge is -2.07. The number of fused-ring (bicyclic) bond motifs is 1. The summed E-state index contributed by atoms with van der Waals surface area (Å²) < 4.78 is 29.4. The van der Waals surface area contributed by atoms with Gasteiger partial charge < -0.3 is 4.57 Å². The number of nitrogens with one attached hydrogen (secondary N) is 2. The van der Waals surface area contributed by atoms with Crippen molar-refractivity contribution in [1.82, 2.24) is 24.5 Å². The maximum atomic E-state index is 12.4. The molecule has 0 amide bonds. The Hall–Kier alpha value is -2.19. The summed E-state index contributed by atoms with van der Waals surface area (Å²) in [5, 5.41) is 6.62. The van der Waals surface area contributed by atoms with E-state index in [0.29, 0.717) is 17.8 Å². The van der Waals surface area contributed by atoms with E-state index in [1.165, 1.54) is 0 Å². The van der Waals surface area contributed by atoms with Crippen LogP contribution in [0.15, 0.2) is 29.2 Å². The van der Waals surface area contributed by atoms with Crippen LogP contribution in [-0.4, -0.2) is 34.7 Å². The van der Waals surface area contributed by atoms with Crippen molar-refractivity contribution in [2.45, 2.75) is 25.2 Å². The SMILES string of the molecule is Cc1n[nH]c(C)c1S(=O)(=O)NCCc1nc2ccccc2n1C. The maximum Gasteiger partial charge on any atom is 0.244 e. The second-order valence-corrected chi connectivity index (χ2v) is 7.19. The van der Waals surface area contributed by atoms with Crippen molar-refractivity contribution in [3.05, 3.63) is 41.5 Å². The zero-order chi connectivity index (χ0) is 16.6. The van der Waals surface area contributed by atoms with Gasteiger partial charge in [0, 0.05) is 20.0 Å². The Labute approximate surface area is 134 Å². The van der Waals surface area contributed by atoms with Crippen molar-refractivity contribution in [2.75, 3.05) is 6.54 Å². The number of hydrogen-bond acceptors (Lipinski definition) is 4. The molecule has 0 saturated carbocycles. The van der Waals surface area contributed by atoms with Gasteiger partial charge in [-0.1, -0.05) is 12.1 Å². The van der Waals surface area contributed by atoms with Gasteiger partial charge in [0.15, 0.2) is 0 Å². The zero-order valence-corrected chi connectivity index (χ0v) is 14.1. The van der Waals surface area contributed by atoms with Crippen molar-refractivity contribution in [3.63, 3.8) is 0 Å². The topological polar surface area (TPSA) is 92.7 Å². The van der Waals surface area contributed by atoms with Gasteiger partial charge in [-0.3, -0.25) is 5.10 Å². The molecule has 122 valence electrons. The van der Waals surface area contributed by atoms with Gasteiger partial charge in [-0.15, -0.1) is 0 Å². The van der Waals surface area contributed by atoms with E-state index in [1.54, 1.807) is 13.8 Å². The second-order valence-electron chi connectivity index (χ2n) is 5.49. The first-order chi connectivity index (χ1) is 10.9. The maximum absolute atomic E-state index is 12.4. The zero-order valence-electron chi connectivity index (χ0n) is 13.3. The van der Waals surface area contributed by atoms with Crippen LogP contribution in [0.3, 0.4) is 0 Å². The number of H-pyrrole nitrogens is 1. The highest BCUT2D eigenvalue weighted by Crippen LogP contribution is 2.17. The Balaban J connectivity index is 1.75. The molecule has 8 heteroatoms. The minimum atomic E-state index is -3.57. The lowest BCUT2D eigenvalue weighted by atomic mass is 10.3. The van der Waals surface area contributed by atoms with Crippen LogP contribution in [0.2, 0.25) is 0 Å². The first-order valence-electron chi connectivity index (χ1n) is 7.31. The standard InChI is InChI=1S/C15H19N5O2S/c1-10-15(11(2)19-18-10)23(21,22)16-9-8-14-17-12-6-4-5-7-13(12)20(14)3/h4-7,16H,8-9H2,1-3H3,(H,18,19). The summed E-state index contributed by atoms with van der Waals surface area (Å²) in [5.74, 6) is 0.842. The molecule has 0 aliphatic heterocycles. The normalized spacial score (nSPS) is 12.1. The van der Waals surface area contributed by atoms with E-state index in [1.807, 2.05) is 35.9 Å². The Morgan fingerprint density at radius 3 is 2.65 bits per heavy atom. The fourth-order valence-electron chi connectivity index (χ4n) is 2.72. The number of rotatable bonds is 5. The van der Waals surface area contributed by atoms with E-state index in [0.717, 1.165) is 16.9 Å². The molecule has 3 aromatic rings. The smallest absolute Gasteiger partial charge is 0.244 e. The highest BCUT2D eigenvalue weighted by molar-refractivity contribution is 7.89. The van der Waals surface area contributed by atoms with Crippen LogP contribution in [0.1, 0.15) is 17.2 Å². The molecule has 0 aliphatic rings. The van der Waals surface area contributed by atoms with Gasteiger partial charge in [-0.2, -0.15) is 5.10 Å². The van der Waals surface area contributed by atoms with Crippen LogP contribution >= 0.6 is 0 Å². The molecular weight excluding hydrogens is 314 g/mol. The molecule has 2 heterocycles. The van der Waals surface area contributed by atoms with Gasteiger partial charge >= 0.3 is 0 Å². The summed E-state index contributed by atoms with van der Waals surface area (Å²) in [6.07, 6.45) is 0.514. The molecule has 0 unspecified atom stereocenters. The van der Waals surface area contributed by atoms with Crippen molar-refractivity contribution in [1.29, 1.82) is 0 Å². The van der Waals surface area contributed by atoms with E-state index in [-0.39, 0.29) is 11.4 Å². The molecule has 0 bridgehead atoms. The number of para-hydroxylation sites is 2. The number of sulfonamides is 1. The molecule has 2 N–H and O–H groups in total. The molecule has 0 saturated heterocycles.